The van der Waals surface area contributed by atoms with Crippen LogP contribution in [0, 0.1) is 11.8 Å². The van der Waals surface area contributed by atoms with E-state index >= 15 is 0 Å². The lowest BCUT2D eigenvalue weighted by molar-refractivity contribution is -0.138. The number of halogens is 3. The molecular formula is C21H20F3N3O3. The van der Waals surface area contributed by atoms with Crippen LogP contribution < -0.4 is 5.32 Å². The number of amides is 2. The number of benzene rings is 1. The summed E-state index contributed by atoms with van der Waals surface area (Å²) in [5.74, 6) is -1.17. The number of carboxylic acid groups (broad SMARTS) is 1. The molecule has 1 unspecified atom stereocenters. The van der Waals surface area contributed by atoms with Gasteiger partial charge in [-0.25, -0.2) is 14.6 Å². The van der Waals surface area contributed by atoms with E-state index in [-0.39, 0.29) is 29.1 Å². The van der Waals surface area contributed by atoms with Crippen LogP contribution in [-0.4, -0.2) is 40.1 Å². The van der Waals surface area contributed by atoms with E-state index in [2.05, 4.69) is 10.3 Å². The number of hydrogen-bond donors (Lipinski definition) is 2. The normalized spacial score (nSPS) is 23.3. The van der Waals surface area contributed by atoms with Gasteiger partial charge in [-0.1, -0.05) is 18.2 Å². The number of carbonyl (C=O) groups excluding carboxylic acids is 1. The third-order valence-corrected chi connectivity index (χ3v) is 6.01. The molecular weight excluding hydrogens is 399 g/mol. The molecule has 1 aliphatic heterocycles. The fraction of sp³-hybridized carbons (Fsp3) is 0.381. The standard InChI is InChI=1S/C21H20F3N3O3/c22-21(23,24)17-6-2-1-4-15(17)12-8-13-10-27(11-14(13)9-12)20(30)26-18-16(19(28)29)5-3-7-25-18/h1-7,12-14H,8-11H2,(H,28,29)(H,25,26,30)/t12?,13-,14+. The van der Waals surface area contributed by atoms with Crippen molar-refractivity contribution in [1.82, 2.24) is 9.88 Å². The Bertz CT molecular complexity index is 965. The third kappa shape index (κ3) is 3.83. The Morgan fingerprint density at radius 3 is 2.37 bits per heavy atom. The van der Waals surface area contributed by atoms with Crippen LogP contribution in [0.25, 0.3) is 0 Å². The highest BCUT2D eigenvalue weighted by atomic mass is 19.4. The van der Waals surface area contributed by atoms with Gasteiger partial charge in [0, 0.05) is 19.3 Å². The molecule has 4 rings (SSSR count). The van der Waals surface area contributed by atoms with Crippen molar-refractivity contribution < 1.29 is 27.9 Å². The number of pyridine rings is 1. The molecule has 0 spiro atoms. The molecule has 2 aliphatic rings. The van der Waals surface area contributed by atoms with Crippen LogP contribution >= 0.6 is 0 Å². The van der Waals surface area contributed by atoms with E-state index < -0.39 is 23.7 Å². The van der Waals surface area contributed by atoms with Crippen LogP contribution in [0.15, 0.2) is 42.6 Å². The first-order valence-electron chi connectivity index (χ1n) is 9.64. The monoisotopic (exact) mass is 419 g/mol. The molecule has 1 saturated heterocycles. The number of aromatic nitrogens is 1. The summed E-state index contributed by atoms with van der Waals surface area (Å²) in [4.78, 5) is 29.4. The van der Waals surface area contributed by atoms with E-state index in [9.17, 15) is 27.9 Å². The zero-order chi connectivity index (χ0) is 21.5. The van der Waals surface area contributed by atoms with Crippen molar-refractivity contribution in [2.24, 2.45) is 11.8 Å². The minimum atomic E-state index is -4.38. The minimum absolute atomic E-state index is 0.0240. The summed E-state index contributed by atoms with van der Waals surface area (Å²) in [7, 11) is 0. The maximum absolute atomic E-state index is 13.3. The average Bonchev–Trinajstić information content (AvgIpc) is 3.27. The Morgan fingerprint density at radius 1 is 1.07 bits per heavy atom. The van der Waals surface area contributed by atoms with Gasteiger partial charge in [-0.3, -0.25) is 5.32 Å². The van der Waals surface area contributed by atoms with E-state index in [0.29, 0.717) is 31.5 Å². The number of nitrogens with zero attached hydrogens (tertiary/aromatic N) is 2. The Labute approximate surface area is 170 Å². The molecule has 2 N–H and O–H groups in total. The van der Waals surface area contributed by atoms with Crippen LogP contribution in [0.1, 0.15) is 40.2 Å². The van der Waals surface area contributed by atoms with E-state index in [1.54, 1.807) is 17.0 Å². The number of rotatable bonds is 3. The van der Waals surface area contributed by atoms with Gasteiger partial charge in [-0.2, -0.15) is 13.2 Å². The van der Waals surface area contributed by atoms with Crippen molar-refractivity contribution in [1.29, 1.82) is 0 Å². The van der Waals surface area contributed by atoms with Crippen LogP contribution in [0.2, 0.25) is 0 Å². The largest absolute Gasteiger partial charge is 0.478 e. The molecule has 2 fully saturated rings. The topological polar surface area (TPSA) is 82.5 Å². The van der Waals surface area contributed by atoms with Crippen LogP contribution in [-0.2, 0) is 6.18 Å². The van der Waals surface area contributed by atoms with Crippen LogP contribution in [0.3, 0.4) is 0 Å². The first-order chi connectivity index (χ1) is 14.2. The zero-order valence-corrected chi connectivity index (χ0v) is 15.9. The molecule has 158 valence electrons. The van der Waals surface area contributed by atoms with Crippen molar-refractivity contribution in [3.8, 4) is 0 Å². The second-order valence-electron chi connectivity index (χ2n) is 7.81. The number of likely N-dealkylation sites (tertiary alicyclic amines) is 1. The molecule has 6 nitrogen and oxygen atoms in total. The summed E-state index contributed by atoms with van der Waals surface area (Å²) >= 11 is 0. The maximum atomic E-state index is 13.3. The summed E-state index contributed by atoms with van der Waals surface area (Å²) in [6.45, 7) is 0.854. The molecule has 1 saturated carbocycles. The molecule has 2 heterocycles. The van der Waals surface area contributed by atoms with Crippen LogP contribution in [0.4, 0.5) is 23.8 Å². The molecule has 1 aromatic heterocycles. The van der Waals surface area contributed by atoms with E-state index in [4.69, 9.17) is 0 Å². The number of fused-ring (bicyclic) bond motifs is 1. The fourth-order valence-electron chi connectivity index (χ4n) is 4.69. The molecule has 0 radical (unpaired) electrons. The summed E-state index contributed by atoms with van der Waals surface area (Å²) < 4.78 is 40.0. The number of anilines is 1. The SMILES string of the molecule is O=C(O)c1cccnc1NC(=O)N1C[C@H]2CC(c3ccccc3C(F)(F)F)C[C@H]2C1. The summed E-state index contributed by atoms with van der Waals surface area (Å²) in [5, 5.41) is 11.7. The lowest BCUT2D eigenvalue weighted by atomic mass is 9.91. The molecule has 0 bridgehead atoms. The molecule has 2 amide bonds. The highest BCUT2D eigenvalue weighted by molar-refractivity contribution is 5.98. The number of carbonyl (C=O) groups is 2. The first kappa shape index (κ1) is 20.2. The smallest absolute Gasteiger partial charge is 0.416 e. The number of alkyl halides is 3. The molecule has 1 aliphatic carbocycles. The summed E-state index contributed by atoms with van der Waals surface area (Å²) in [6, 6.07) is 8.08. The average molecular weight is 419 g/mol. The molecule has 3 atom stereocenters. The highest BCUT2D eigenvalue weighted by Gasteiger charge is 2.45. The van der Waals surface area contributed by atoms with Crippen molar-refractivity contribution in [2.45, 2.75) is 24.9 Å². The van der Waals surface area contributed by atoms with Gasteiger partial charge in [0.1, 0.15) is 11.4 Å². The molecule has 1 aromatic carbocycles. The second-order valence-corrected chi connectivity index (χ2v) is 7.81. The third-order valence-electron chi connectivity index (χ3n) is 6.01. The summed E-state index contributed by atoms with van der Waals surface area (Å²) in [6.07, 6.45) is -1.81. The predicted octanol–water partition coefficient (Wildman–Crippen LogP) is 4.46. The van der Waals surface area contributed by atoms with Crippen molar-refractivity contribution in [3.63, 3.8) is 0 Å². The fourth-order valence-corrected chi connectivity index (χ4v) is 4.69. The Hall–Kier alpha value is -3.10. The maximum Gasteiger partial charge on any atom is 0.416 e. The van der Waals surface area contributed by atoms with Crippen molar-refractivity contribution in [2.75, 3.05) is 18.4 Å². The van der Waals surface area contributed by atoms with Gasteiger partial charge in [0.15, 0.2) is 0 Å². The second kappa shape index (κ2) is 7.62. The quantitative estimate of drug-likeness (QED) is 0.770. The van der Waals surface area contributed by atoms with Gasteiger partial charge in [0.05, 0.1) is 5.56 Å². The van der Waals surface area contributed by atoms with Crippen molar-refractivity contribution in [3.05, 3.63) is 59.3 Å². The Balaban J connectivity index is 1.42. The number of carboxylic acids is 1. The highest BCUT2D eigenvalue weighted by Crippen LogP contribution is 2.48. The van der Waals surface area contributed by atoms with Gasteiger partial charge in [-0.15, -0.1) is 0 Å². The zero-order valence-electron chi connectivity index (χ0n) is 15.9. The van der Waals surface area contributed by atoms with Gasteiger partial charge >= 0.3 is 18.2 Å². The lowest BCUT2D eigenvalue weighted by Gasteiger charge is -2.22. The van der Waals surface area contributed by atoms with Gasteiger partial charge in [0.25, 0.3) is 0 Å². The van der Waals surface area contributed by atoms with E-state index in [1.807, 2.05) is 0 Å². The van der Waals surface area contributed by atoms with Gasteiger partial charge in [-0.05, 0) is 54.4 Å². The number of nitrogens with one attached hydrogen (secondary N) is 1. The number of hydrogen-bond acceptors (Lipinski definition) is 3. The van der Waals surface area contributed by atoms with E-state index in [1.165, 1.54) is 24.4 Å². The number of urea groups is 1. The lowest BCUT2D eigenvalue weighted by Crippen LogP contribution is -2.34. The van der Waals surface area contributed by atoms with Gasteiger partial charge in [0.2, 0.25) is 0 Å². The first-order valence-corrected chi connectivity index (χ1v) is 9.64. The molecule has 9 heteroatoms. The number of aromatic carboxylic acids is 1. The Morgan fingerprint density at radius 2 is 1.73 bits per heavy atom. The van der Waals surface area contributed by atoms with E-state index in [0.717, 1.165) is 6.07 Å². The molecule has 2 aromatic rings. The minimum Gasteiger partial charge on any atom is -0.478 e. The van der Waals surface area contributed by atoms with Gasteiger partial charge < -0.3 is 10.0 Å². The Kier molecular flexibility index (Phi) is 5.13. The van der Waals surface area contributed by atoms with Crippen molar-refractivity contribution >= 4 is 17.8 Å². The summed E-state index contributed by atoms with van der Waals surface area (Å²) in [5.41, 5.74) is -0.357. The molecule has 30 heavy (non-hydrogen) atoms. The van der Waals surface area contributed by atoms with Crippen LogP contribution in [0.5, 0.6) is 0 Å². The predicted molar refractivity (Wildman–Crippen MR) is 102 cm³/mol.